The maximum Gasteiger partial charge on any atom is 0.339 e. The fraction of sp³-hybridized carbons (Fsp3) is 0.378. The molecule has 0 aliphatic heterocycles. The first-order valence-corrected chi connectivity index (χ1v) is 18.9. The standard InChI is InChI=1S/C23H26N2O2.C22H24N2O2/c1-14(2)19-10-15(9-17-7-8-25(3)22(17)19)11-21-20(23(26)27-4)12-18(13-24-21)16-5-6-16;1-13(2)18-9-14(8-16-6-7-24(3)21(16)18)10-20-19(22(25)26)11-17(12-23-20)15-4-5-15/h7-10,12-14,16H,5-6,11H2,1-4H3;6-9,11-13,15H,4-5,10H2,1-3H3,(H,25,26). The first kappa shape index (κ1) is 36.1. The van der Waals surface area contributed by atoms with Gasteiger partial charge in [-0.05, 0) is 119 Å². The van der Waals surface area contributed by atoms with Gasteiger partial charge in [-0.1, -0.05) is 39.8 Å². The van der Waals surface area contributed by atoms with E-state index in [2.05, 4.69) is 110 Å². The third-order valence-corrected chi connectivity index (χ3v) is 10.8. The summed E-state index contributed by atoms with van der Waals surface area (Å²) in [5.74, 6) is 0.692. The topological polar surface area (TPSA) is 99.2 Å². The first-order valence-electron chi connectivity index (χ1n) is 18.9. The van der Waals surface area contributed by atoms with E-state index in [1.165, 1.54) is 58.4 Å². The number of aromatic carboxylic acids is 1. The average Bonchev–Trinajstić information content (AvgIpc) is 4.08. The highest BCUT2D eigenvalue weighted by Crippen LogP contribution is 2.41. The zero-order chi connectivity index (χ0) is 37.6. The van der Waals surface area contributed by atoms with Gasteiger partial charge in [-0.3, -0.25) is 9.97 Å². The Labute approximate surface area is 311 Å². The van der Waals surface area contributed by atoms with Crippen LogP contribution in [0.4, 0.5) is 0 Å². The molecule has 0 radical (unpaired) electrons. The molecule has 0 bridgehead atoms. The monoisotopic (exact) mass is 710 g/mol. The van der Waals surface area contributed by atoms with Crippen molar-refractivity contribution in [3.63, 3.8) is 0 Å². The van der Waals surface area contributed by atoms with Gasteiger partial charge in [0.1, 0.15) is 0 Å². The second kappa shape index (κ2) is 14.6. The van der Waals surface area contributed by atoms with Crippen LogP contribution in [-0.2, 0) is 31.7 Å². The summed E-state index contributed by atoms with van der Waals surface area (Å²) < 4.78 is 9.35. The van der Waals surface area contributed by atoms with Gasteiger partial charge in [0.05, 0.1) is 40.7 Å². The number of carboxylic acid groups (broad SMARTS) is 1. The third-order valence-electron chi connectivity index (χ3n) is 10.8. The lowest BCUT2D eigenvalue weighted by atomic mass is 9.94. The highest BCUT2D eigenvalue weighted by Gasteiger charge is 2.27. The largest absolute Gasteiger partial charge is 0.478 e. The Morgan fingerprint density at radius 2 is 1.15 bits per heavy atom. The third kappa shape index (κ3) is 7.64. The van der Waals surface area contributed by atoms with E-state index in [1.54, 1.807) is 0 Å². The predicted molar refractivity (Wildman–Crippen MR) is 210 cm³/mol. The molecule has 8 rings (SSSR count). The van der Waals surface area contributed by atoms with E-state index in [-0.39, 0.29) is 5.97 Å². The quantitative estimate of drug-likeness (QED) is 0.142. The van der Waals surface area contributed by atoms with Crippen molar-refractivity contribution < 1.29 is 19.4 Å². The van der Waals surface area contributed by atoms with Crippen LogP contribution in [0.25, 0.3) is 21.8 Å². The summed E-state index contributed by atoms with van der Waals surface area (Å²) in [6, 6.07) is 16.9. The average molecular weight is 711 g/mol. The van der Waals surface area contributed by atoms with Gasteiger partial charge in [0.25, 0.3) is 0 Å². The van der Waals surface area contributed by atoms with Gasteiger partial charge in [0, 0.05) is 62.5 Å². The molecule has 1 N–H and O–H groups in total. The zero-order valence-corrected chi connectivity index (χ0v) is 31.9. The molecule has 0 atom stereocenters. The first-order chi connectivity index (χ1) is 25.4. The number of hydrogen-bond donors (Lipinski definition) is 1. The summed E-state index contributed by atoms with van der Waals surface area (Å²) >= 11 is 0. The van der Waals surface area contributed by atoms with Gasteiger partial charge in [-0.25, -0.2) is 9.59 Å². The van der Waals surface area contributed by atoms with Crippen LogP contribution < -0.4 is 0 Å². The van der Waals surface area contributed by atoms with E-state index >= 15 is 0 Å². The lowest BCUT2D eigenvalue weighted by Gasteiger charge is -2.14. The van der Waals surface area contributed by atoms with Crippen molar-refractivity contribution in [2.45, 2.75) is 89.9 Å². The molecular formula is C45H50N4O4. The van der Waals surface area contributed by atoms with Crippen molar-refractivity contribution in [3.8, 4) is 0 Å². The second-order valence-corrected chi connectivity index (χ2v) is 15.6. The number of ether oxygens (including phenoxy) is 1. The molecule has 2 aliphatic rings. The fourth-order valence-electron chi connectivity index (χ4n) is 7.61. The molecule has 8 heteroatoms. The number of nitrogens with zero attached hydrogens (tertiary/aromatic N) is 4. The maximum atomic E-state index is 12.3. The minimum Gasteiger partial charge on any atom is -0.478 e. The summed E-state index contributed by atoms with van der Waals surface area (Å²) in [7, 11) is 5.58. The normalized spacial score (nSPS) is 14.2. The van der Waals surface area contributed by atoms with Crippen LogP contribution >= 0.6 is 0 Å². The molecule has 6 aromatic rings. The van der Waals surface area contributed by atoms with Crippen LogP contribution in [0, 0.1) is 0 Å². The number of carboxylic acids is 1. The molecule has 53 heavy (non-hydrogen) atoms. The number of fused-ring (bicyclic) bond motifs is 2. The number of carbonyl (C=O) groups is 2. The number of pyridine rings is 2. The number of esters is 1. The summed E-state index contributed by atoms with van der Waals surface area (Å²) in [5.41, 5.74) is 12.0. The van der Waals surface area contributed by atoms with Crippen LogP contribution in [0.2, 0.25) is 0 Å². The molecule has 0 unspecified atom stereocenters. The summed E-state index contributed by atoms with van der Waals surface area (Å²) in [6.45, 7) is 8.82. The minimum atomic E-state index is -0.889. The fourth-order valence-corrected chi connectivity index (χ4v) is 7.61. The summed E-state index contributed by atoms with van der Waals surface area (Å²) in [4.78, 5) is 33.3. The van der Waals surface area contributed by atoms with Gasteiger partial charge >= 0.3 is 11.9 Å². The maximum absolute atomic E-state index is 12.3. The number of methoxy groups -OCH3 is 1. The van der Waals surface area contributed by atoms with Gasteiger partial charge in [0.2, 0.25) is 0 Å². The Kier molecular flexibility index (Phi) is 9.99. The number of rotatable bonds is 10. The Bertz CT molecular complexity index is 2340. The van der Waals surface area contributed by atoms with Gasteiger partial charge in [0.15, 0.2) is 0 Å². The number of carbonyl (C=O) groups excluding carboxylic acids is 1. The Balaban J connectivity index is 0.000000164. The van der Waals surface area contributed by atoms with Crippen molar-refractivity contribution in [1.82, 2.24) is 19.1 Å². The lowest BCUT2D eigenvalue weighted by Crippen LogP contribution is -2.09. The number of benzene rings is 2. The lowest BCUT2D eigenvalue weighted by molar-refractivity contribution is 0.0598. The molecular weight excluding hydrogens is 661 g/mol. The van der Waals surface area contributed by atoms with E-state index in [1.807, 2.05) is 24.5 Å². The number of aryl methyl sites for hydroxylation is 2. The second-order valence-electron chi connectivity index (χ2n) is 15.6. The zero-order valence-electron chi connectivity index (χ0n) is 31.9. The highest BCUT2D eigenvalue weighted by molar-refractivity contribution is 5.91. The molecule has 2 fully saturated rings. The van der Waals surface area contributed by atoms with Gasteiger partial charge in [-0.2, -0.15) is 0 Å². The SMILES string of the molecule is CC(C)c1cc(Cc2ncc(C3CC3)cc2C(=O)O)cc2ccn(C)c12.COC(=O)c1cc(C2CC2)cnc1Cc1cc(C(C)C)c2c(ccn2C)c1. The summed E-state index contributed by atoms with van der Waals surface area (Å²) in [6.07, 6.45) is 13.8. The van der Waals surface area contributed by atoms with E-state index < -0.39 is 5.97 Å². The molecule has 0 saturated heterocycles. The number of aromatic nitrogens is 4. The van der Waals surface area contributed by atoms with Crippen LogP contribution in [0.5, 0.6) is 0 Å². The Morgan fingerprint density at radius 1 is 0.717 bits per heavy atom. The van der Waals surface area contributed by atoms with Crippen molar-refractivity contribution in [2.24, 2.45) is 14.1 Å². The molecule has 2 aliphatic carbocycles. The number of hydrogen-bond acceptors (Lipinski definition) is 5. The summed E-state index contributed by atoms with van der Waals surface area (Å²) in [5, 5.41) is 12.1. The van der Waals surface area contributed by atoms with Crippen LogP contribution in [-0.4, -0.2) is 43.3 Å². The molecule has 0 spiro atoms. The van der Waals surface area contributed by atoms with Crippen LogP contribution in [0.15, 0.2) is 73.3 Å². The van der Waals surface area contributed by atoms with Gasteiger partial charge in [-0.15, -0.1) is 0 Å². The van der Waals surface area contributed by atoms with Gasteiger partial charge < -0.3 is 19.0 Å². The Morgan fingerprint density at radius 3 is 1.55 bits per heavy atom. The molecule has 8 nitrogen and oxygen atoms in total. The molecule has 2 saturated carbocycles. The van der Waals surface area contributed by atoms with E-state index in [0.717, 1.165) is 35.2 Å². The highest BCUT2D eigenvalue weighted by atomic mass is 16.5. The van der Waals surface area contributed by atoms with Crippen LogP contribution in [0.3, 0.4) is 0 Å². The van der Waals surface area contributed by atoms with Crippen molar-refractivity contribution in [2.75, 3.05) is 7.11 Å². The van der Waals surface area contributed by atoms with E-state index in [4.69, 9.17) is 4.74 Å². The van der Waals surface area contributed by atoms with Crippen molar-refractivity contribution in [1.29, 1.82) is 0 Å². The Hall–Kier alpha value is -5.24. The predicted octanol–water partition coefficient (Wildman–Crippen LogP) is 9.81. The smallest absolute Gasteiger partial charge is 0.339 e. The van der Waals surface area contributed by atoms with Crippen molar-refractivity contribution in [3.05, 3.63) is 129 Å². The molecule has 4 heterocycles. The van der Waals surface area contributed by atoms with Crippen LogP contribution in [0.1, 0.15) is 143 Å². The molecule has 4 aromatic heterocycles. The molecule has 274 valence electrons. The molecule has 2 aromatic carbocycles. The molecule has 0 amide bonds. The van der Waals surface area contributed by atoms with Crippen molar-refractivity contribution >= 4 is 33.7 Å². The van der Waals surface area contributed by atoms with E-state index in [9.17, 15) is 14.7 Å². The minimum absolute atomic E-state index is 0.301. The van der Waals surface area contributed by atoms with E-state index in [0.29, 0.717) is 53.3 Å².